The van der Waals surface area contributed by atoms with Crippen LogP contribution in [0.15, 0.2) is 0 Å². The minimum Gasteiger partial charge on any atom is -0.356 e. The van der Waals surface area contributed by atoms with Crippen LogP contribution in [0.3, 0.4) is 0 Å². The summed E-state index contributed by atoms with van der Waals surface area (Å²) in [6.07, 6.45) is 5.44. The number of carbonyl (C=O) groups excluding carboxylic acids is 1. The summed E-state index contributed by atoms with van der Waals surface area (Å²) in [6, 6.07) is 0. The van der Waals surface area contributed by atoms with Crippen LogP contribution in [0, 0.1) is 23.2 Å². The SMILES string of the molecule is CC(C)C(C)(C)CNC(=O)CC1CCC(CN)CC1. The topological polar surface area (TPSA) is 55.1 Å². The van der Waals surface area contributed by atoms with E-state index >= 15 is 0 Å². The highest BCUT2D eigenvalue weighted by Crippen LogP contribution is 2.30. The Morgan fingerprint density at radius 3 is 2.21 bits per heavy atom. The normalized spacial score (nSPS) is 24.5. The Hall–Kier alpha value is -0.570. The molecule has 0 spiro atoms. The van der Waals surface area contributed by atoms with Crippen molar-refractivity contribution in [2.45, 2.75) is 59.8 Å². The van der Waals surface area contributed by atoms with Crippen LogP contribution >= 0.6 is 0 Å². The molecule has 3 heteroatoms. The predicted molar refractivity (Wildman–Crippen MR) is 80.7 cm³/mol. The summed E-state index contributed by atoms with van der Waals surface area (Å²) >= 11 is 0. The molecule has 0 atom stereocenters. The summed E-state index contributed by atoms with van der Waals surface area (Å²) in [4.78, 5) is 12.0. The van der Waals surface area contributed by atoms with Crippen molar-refractivity contribution in [2.75, 3.05) is 13.1 Å². The zero-order valence-corrected chi connectivity index (χ0v) is 13.2. The molecule has 0 heterocycles. The van der Waals surface area contributed by atoms with Gasteiger partial charge < -0.3 is 11.1 Å². The number of rotatable bonds is 6. The van der Waals surface area contributed by atoms with Gasteiger partial charge in [-0.1, -0.05) is 27.7 Å². The molecule has 1 aliphatic carbocycles. The first-order valence-electron chi connectivity index (χ1n) is 7.82. The van der Waals surface area contributed by atoms with Crippen LogP contribution < -0.4 is 11.1 Å². The van der Waals surface area contributed by atoms with Crippen molar-refractivity contribution in [3.63, 3.8) is 0 Å². The average molecular weight is 268 g/mol. The summed E-state index contributed by atoms with van der Waals surface area (Å²) in [5.74, 6) is 2.07. The molecule has 1 fully saturated rings. The minimum atomic E-state index is 0.173. The number of amides is 1. The van der Waals surface area contributed by atoms with Gasteiger partial charge >= 0.3 is 0 Å². The first kappa shape index (κ1) is 16.5. The van der Waals surface area contributed by atoms with Gasteiger partial charge in [0.05, 0.1) is 0 Å². The third-order valence-electron chi connectivity index (χ3n) is 5.08. The standard InChI is InChI=1S/C16H32N2O/c1-12(2)16(3,4)11-18-15(19)9-13-5-7-14(10-17)8-6-13/h12-14H,5-11,17H2,1-4H3,(H,18,19). The largest absolute Gasteiger partial charge is 0.356 e. The Kier molecular flexibility index (Phi) is 6.31. The molecule has 112 valence electrons. The molecule has 1 rings (SSSR count). The third-order valence-corrected chi connectivity index (χ3v) is 5.08. The highest BCUT2D eigenvalue weighted by molar-refractivity contribution is 5.76. The Morgan fingerprint density at radius 2 is 1.74 bits per heavy atom. The van der Waals surface area contributed by atoms with E-state index in [9.17, 15) is 4.79 Å². The lowest BCUT2D eigenvalue weighted by atomic mass is 9.80. The van der Waals surface area contributed by atoms with Gasteiger partial charge in [0.15, 0.2) is 0 Å². The molecular weight excluding hydrogens is 236 g/mol. The zero-order valence-electron chi connectivity index (χ0n) is 13.2. The Bertz CT molecular complexity index is 278. The van der Waals surface area contributed by atoms with Gasteiger partial charge in [-0.3, -0.25) is 4.79 Å². The number of hydrogen-bond acceptors (Lipinski definition) is 2. The highest BCUT2D eigenvalue weighted by Gasteiger charge is 2.25. The quantitative estimate of drug-likeness (QED) is 0.778. The predicted octanol–water partition coefficient (Wildman–Crippen LogP) is 2.94. The molecule has 1 saturated carbocycles. The molecule has 1 amide bonds. The van der Waals surface area contributed by atoms with Gasteiger partial charge in [-0.25, -0.2) is 0 Å². The van der Waals surface area contributed by atoms with E-state index in [1.165, 1.54) is 25.7 Å². The summed E-state index contributed by atoms with van der Waals surface area (Å²) in [5.41, 5.74) is 5.87. The van der Waals surface area contributed by atoms with Gasteiger partial charge in [0.1, 0.15) is 0 Å². The van der Waals surface area contributed by atoms with Crippen LogP contribution in [0.2, 0.25) is 0 Å². The zero-order chi connectivity index (χ0) is 14.5. The minimum absolute atomic E-state index is 0.173. The maximum Gasteiger partial charge on any atom is 0.220 e. The van der Waals surface area contributed by atoms with E-state index in [2.05, 4.69) is 33.0 Å². The van der Waals surface area contributed by atoms with Crippen molar-refractivity contribution in [1.29, 1.82) is 0 Å². The second-order valence-electron chi connectivity index (χ2n) is 7.25. The molecule has 0 radical (unpaired) electrons. The first-order chi connectivity index (χ1) is 8.85. The lowest BCUT2D eigenvalue weighted by Crippen LogP contribution is -2.38. The van der Waals surface area contributed by atoms with Gasteiger partial charge in [0, 0.05) is 13.0 Å². The summed E-state index contributed by atoms with van der Waals surface area (Å²) < 4.78 is 0. The summed E-state index contributed by atoms with van der Waals surface area (Å²) in [7, 11) is 0. The van der Waals surface area contributed by atoms with Crippen molar-refractivity contribution >= 4 is 5.91 Å². The van der Waals surface area contributed by atoms with E-state index in [-0.39, 0.29) is 11.3 Å². The fourth-order valence-corrected chi connectivity index (χ4v) is 2.54. The van der Waals surface area contributed by atoms with E-state index in [0.29, 0.717) is 24.2 Å². The number of hydrogen-bond donors (Lipinski definition) is 2. The molecular formula is C16H32N2O. The molecule has 0 aromatic heterocycles. The Balaban J connectivity index is 2.25. The van der Waals surface area contributed by atoms with Crippen LogP contribution in [-0.2, 0) is 4.79 Å². The maximum absolute atomic E-state index is 12.0. The number of nitrogens with two attached hydrogens (primary N) is 1. The van der Waals surface area contributed by atoms with E-state index < -0.39 is 0 Å². The highest BCUT2D eigenvalue weighted by atomic mass is 16.1. The van der Waals surface area contributed by atoms with Gasteiger partial charge in [-0.05, 0) is 55.4 Å². The second kappa shape index (κ2) is 7.28. The molecule has 1 aliphatic rings. The van der Waals surface area contributed by atoms with Crippen molar-refractivity contribution in [3.05, 3.63) is 0 Å². The van der Waals surface area contributed by atoms with Gasteiger partial charge in [0.25, 0.3) is 0 Å². The number of nitrogens with one attached hydrogen (secondary N) is 1. The van der Waals surface area contributed by atoms with Crippen molar-refractivity contribution in [3.8, 4) is 0 Å². The van der Waals surface area contributed by atoms with E-state index in [4.69, 9.17) is 5.73 Å². The molecule has 0 aromatic rings. The fraction of sp³-hybridized carbons (Fsp3) is 0.938. The van der Waals surface area contributed by atoms with Gasteiger partial charge in [-0.2, -0.15) is 0 Å². The van der Waals surface area contributed by atoms with Gasteiger partial charge in [-0.15, -0.1) is 0 Å². The van der Waals surface area contributed by atoms with Crippen LogP contribution in [-0.4, -0.2) is 19.0 Å². The molecule has 3 nitrogen and oxygen atoms in total. The molecule has 19 heavy (non-hydrogen) atoms. The van der Waals surface area contributed by atoms with Crippen LogP contribution in [0.1, 0.15) is 59.8 Å². The molecule has 0 bridgehead atoms. The van der Waals surface area contributed by atoms with Crippen LogP contribution in [0.5, 0.6) is 0 Å². The molecule has 0 unspecified atom stereocenters. The monoisotopic (exact) mass is 268 g/mol. The molecule has 0 aromatic carbocycles. The smallest absolute Gasteiger partial charge is 0.220 e. The molecule has 0 saturated heterocycles. The van der Waals surface area contributed by atoms with Crippen LogP contribution in [0.4, 0.5) is 0 Å². The van der Waals surface area contributed by atoms with Crippen molar-refractivity contribution < 1.29 is 4.79 Å². The summed E-state index contributed by atoms with van der Waals surface area (Å²) in [6.45, 7) is 10.4. The number of carbonyl (C=O) groups is 1. The van der Waals surface area contributed by atoms with Crippen molar-refractivity contribution in [1.82, 2.24) is 5.32 Å². The fourth-order valence-electron chi connectivity index (χ4n) is 2.54. The lowest BCUT2D eigenvalue weighted by molar-refractivity contribution is -0.122. The first-order valence-corrected chi connectivity index (χ1v) is 7.82. The Morgan fingerprint density at radius 1 is 1.21 bits per heavy atom. The summed E-state index contributed by atoms with van der Waals surface area (Å²) in [5, 5.41) is 3.11. The van der Waals surface area contributed by atoms with Gasteiger partial charge in [0.2, 0.25) is 5.91 Å². The van der Waals surface area contributed by atoms with Crippen LogP contribution in [0.25, 0.3) is 0 Å². The second-order valence-corrected chi connectivity index (χ2v) is 7.25. The van der Waals surface area contributed by atoms with E-state index in [1.54, 1.807) is 0 Å². The average Bonchev–Trinajstić information content (AvgIpc) is 2.37. The Labute approximate surface area is 118 Å². The van der Waals surface area contributed by atoms with E-state index in [1.807, 2.05) is 0 Å². The lowest BCUT2D eigenvalue weighted by Gasteiger charge is -2.30. The molecule has 0 aliphatic heterocycles. The van der Waals surface area contributed by atoms with Crippen molar-refractivity contribution in [2.24, 2.45) is 28.9 Å². The maximum atomic E-state index is 12.0. The third kappa shape index (κ3) is 5.52. The molecule has 3 N–H and O–H groups in total. The van der Waals surface area contributed by atoms with E-state index in [0.717, 1.165) is 13.1 Å².